The summed E-state index contributed by atoms with van der Waals surface area (Å²) in [7, 11) is 0. The Kier molecular flexibility index (Phi) is 38.9. The van der Waals surface area contributed by atoms with Crippen LogP contribution in [-0.4, -0.2) is 24.0 Å². The molecule has 0 radical (unpaired) electrons. The Morgan fingerprint density at radius 1 is 0.667 bits per heavy atom. The monoisotopic (exact) mass is 656 g/mol. The van der Waals surface area contributed by atoms with E-state index in [1.807, 2.05) is 20.8 Å². The van der Waals surface area contributed by atoms with Gasteiger partial charge >= 0.3 is 21.1 Å². The van der Waals surface area contributed by atoms with Gasteiger partial charge in [0.25, 0.3) is 0 Å². The van der Waals surface area contributed by atoms with Gasteiger partial charge in [-0.3, -0.25) is 0 Å². The SMILES string of the molecule is CCCOP([O-])(=S)[S-].CCCOP([O-])(=S)[S-].CCCOP([O-])(=S)[S-].O=S.[Mo+6]. The second-order valence-electron chi connectivity index (χ2n) is 3.84. The number of hydrogen-bond acceptors (Lipinski definition) is 14. The van der Waals surface area contributed by atoms with Crippen molar-refractivity contribution in [3.63, 3.8) is 0 Å². The Bertz CT molecular complexity index is 384. The summed E-state index contributed by atoms with van der Waals surface area (Å²) in [6.07, 6.45) is 2.41. The van der Waals surface area contributed by atoms with E-state index in [0.29, 0.717) is 19.8 Å². The minimum absolute atomic E-state index is 0. The maximum absolute atomic E-state index is 10.4. The Hall–Kier alpha value is 3.47. The van der Waals surface area contributed by atoms with E-state index < -0.39 is 17.1 Å². The van der Waals surface area contributed by atoms with Crippen LogP contribution >= 0.6 is 17.1 Å². The molecule has 0 amide bonds. The summed E-state index contributed by atoms with van der Waals surface area (Å²) < 4.78 is 21.5. The van der Waals surface area contributed by atoms with E-state index in [9.17, 15) is 14.7 Å². The van der Waals surface area contributed by atoms with Crippen LogP contribution in [0.1, 0.15) is 40.0 Å². The van der Waals surface area contributed by atoms with Gasteiger partial charge in [0, 0.05) is 19.8 Å². The van der Waals surface area contributed by atoms with Gasteiger partial charge in [-0.15, -0.1) is 52.5 Å². The third-order valence-corrected chi connectivity index (χ3v) is 4.75. The van der Waals surface area contributed by atoms with E-state index in [1.165, 1.54) is 0 Å². The summed E-state index contributed by atoms with van der Waals surface area (Å²) in [6.45, 7) is 6.93. The molecule has 0 aliphatic carbocycles. The molecule has 0 aromatic rings. The fourth-order valence-corrected chi connectivity index (χ4v) is 3.17. The zero-order valence-electron chi connectivity index (χ0n) is 14.7. The van der Waals surface area contributed by atoms with Gasteiger partial charge in [-0.25, -0.2) is 0 Å². The van der Waals surface area contributed by atoms with E-state index in [-0.39, 0.29) is 21.1 Å². The molecule has 0 bridgehead atoms. The Morgan fingerprint density at radius 3 is 0.852 bits per heavy atom. The topological polar surface area (TPSA) is 114 Å². The first-order chi connectivity index (χ1) is 11.7. The van der Waals surface area contributed by atoms with Crippen LogP contribution < -0.4 is 14.7 Å². The standard InChI is InChI=1S/3C3H9O2PS2.Mo.OS/c3*1-2-3-5-6(4,7)8;;1-2/h3*2-3H2,1H3,(H2,4,7,8);;/q;;;+6;/p-6. The summed E-state index contributed by atoms with van der Waals surface area (Å²) >= 11 is 28.6. The average Bonchev–Trinajstić information content (AvgIpc) is 2.50. The Balaban J connectivity index is -0.0000000840. The molecule has 3 atom stereocenters. The summed E-state index contributed by atoms with van der Waals surface area (Å²) in [4.78, 5) is 31.1. The molecule has 0 N–H and O–H groups in total. The molecule has 0 heterocycles. The van der Waals surface area contributed by atoms with Crippen LogP contribution in [0.5, 0.6) is 0 Å². The fraction of sp³-hybridized carbons (Fsp3) is 1.00. The normalized spacial score (nSPS) is 16.0. The molecule has 18 heteroatoms. The van der Waals surface area contributed by atoms with Crippen molar-refractivity contribution >= 4 is 102 Å². The first-order valence-electron chi connectivity index (χ1n) is 6.84. The average molecular weight is 655 g/mol. The summed E-state index contributed by atoms with van der Waals surface area (Å²) in [5.74, 6) is 0. The zero-order chi connectivity index (χ0) is 21.9. The molecule has 3 unspecified atom stereocenters. The van der Waals surface area contributed by atoms with Crippen LogP contribution in [0.4, 0.5) is 0 Å². The van der Waals surface area contributed by atoms with Gasteiger partial charge in [-0.1, -0.05) is 20.8 Å². The van der Waals surface area contributed by atoms with E-state index >= 15 is 0 Å². The van der Waals surface area contributed by atoms with Crippen molar-refractivity contribution in [1.29, 1.82) is 0 Å². The summed E-state index contributed by atoms with van der Waals surface area (Å²) in [6, 6.07) is 0. The van der Waals surface area contributed by atoms with Gasteiger partial charge < -0.3 is 65.0 Å². The van der Waals surface area contributed by atoms with Crippen LogP contribution in [0, 0.1) is 0 Å². The van der Waals surface area contributed by atoms with Gasteiger partial charge in [-0.05, 0) is 19.3 Å². The van der Waals surface area contributed by atoms with E-state index in [2.05, 4.69) is 98.3 Å². The first kappa shape index (κ1) is 40.8. The van der Waals surface area contributed by atoms with Crippen molar-refractivity contribution in [2.75, 3.05) is 19.8 Å². The second-order valence-corrected chi connectivity index (χ2v) is 18.0. The molecule has 0 saturated heterocycles. The van der Waals surface area contributed by atoms with Gasteiger partial charge in [0.15, 0.2) is 12.5 Å². The molecule has 0 spiro atoms. The largest absolute Gasteiger partial charge is 6.00 e. The summed E-state index contributed by atoms with van der Waals surface area (Å²) in [5.41, 5.74) is -9.05. The van der Waals surface area contributed by atoms with Crippen molar-refractivity contribution in [3.05, 3.63) is 0 Å². The van der Waals surface area contributed by atoms with Crippen LogP contribution in [0.25, 0.3) is 0 Å². The first-order valence-corrected chi connectivity index (χ1v) is 18.1. The van der Waals surface area contributed by atoms with Crippen molar-refractivity contribution in [2.24, 2.45) is 0 Å². The molecule has 7 nitrogen and oxygen atoms in total. The van der Waals surface area contributed by atoms with Crippen LogP contribution in [0.2, 0.25) is 0 Å². The Labute approximate surface area is 213 Å². The smallest absolute Gasteiger partial charge is 0.819 e. The van der Waals surface area contributed by atoms with Crippen molar-refractivity contribution < 1.29 is 53.5 Å². The Morgan fingerprint density at radius 2 is 0.815 bits per heavy atom. The van der Waals surface area contributed by atoms with E-state index in [0.717, 1.165) is 19.3 Å². The molecule has 0 aliphatic heterocycles. The molecule has 27 heavy (non-hydrogen) atoms. The molecule has 0 saturated carbocycles. The minimum Gasteiger partial charge on any atom is -0.819 e. The molecule has 162 valence electrons. The fourth-order valence-electron chi connectivity index (χ4n) is 0.609. The zero-order valence-corrected chi connectivity index (χ0v) is 25.1. The van der Waals surface area contributed by atoms with Crippen LogP contribution in [0.3, 0.4) is 0 Å². The molecule has 0 aromatic heterocycles. The second kappa shape index (κ2) is 25.7. The quantitative estimate of drug-likeness (QED) is 0.202. The van der Waals surface area contributed by atoms with Gasteiger partial charge in [0.2, 0.25) is 0 Å². The van der Waals surface area contributed by atoms with Crippen molar-refractivity contribution in [2.45, 2.75) is 40.0 Å². The van der Waals surface area contributed by atoms with Crippen LogP contribution in [0.15, 0.2) is 0 Å². The van der Waals surface area contributed by atoms with Crippen LogP contribution in [-0.2, 0) is 119 Å². The van der Waals surface area contributed by atoms with Crippen molar-refractivity contribution in [3.8, 4) is 0 Å². The summed E-state index contributed by atoms with van der Waals surface area (Å²) in [5, 5.41) is 0. The number of hydrogen-bond donors (Lipinski definition) is 0. The van der Waals surface area contributed by atoms with E-state index in [1.54, 1.807) is 0 Å². The molecular weight excluding hydrogens is 633 g/mol. The molecule has 0 rings (SSSR count). The van der Waals surface area contributed by atoms with Crippen molar-refractivity contribution in [1.82, 2.24) is 0 Å². The van der Waals surface area contributed by atoms with Gasteiger partial charge in [0.05, 0.1) is 0 Å². The number of rotatable bonds is 9. The minimum atomic E-state index is -3.02. The van der Waals surface area contributed by atoms with Gasteiger partial charge in [0.1, 0.15) is 0 Å². The molecule has 0 aliphatic rings. The van der Waals surface area contributed by atoms with Gasteiger partial charge in [-0.2, -0.15) is 4.21 Å². The predicted octanol–water partition coefficient (Wildman–Crippen LogP) is 1.30. The molecular formula is C9H21MoO7P3S7. The third kappa shape index (κ3) is 65.2. The molecule has 0 aromatic carbocycles. The van der Waals surface area contributed by atoms with E-state index in [4.69, 9.17) is 4.21 Å². The maximum atomic E-state index is 10.4. The maximum Gasteiger partial charge on any atom is 6.00 e. The predicted molar refractivity (Wildman–Crippen MR) is 122 cm³/mol. The molecule has 0 fully saturated rings. The third-order valence-electron chi connectivity index (χ3n) is 1.36.